The largest absolute Gasteiger partial charge is 0.496 e. The Hall–Kier alpha value is -1.44. The standard InChI is InChI=1S/C15H19BrF3NO3/c1-9(20-14(21)15(17,18)19)6-11-8-12(22-2)10(4-5-16)7-13(11)23-3/h7-9H,4-6H2,1-3H3,(H,20,21). The third-order valence-electron chi connectivity index (χ3n) is 3.21. The van der Waals surface area contributed by atoms with Crippen LogP contribution in [0.2, 0.25) is 0 Å². The fraction of sp³-hybridized carbons (Fsp3) is 0.533. The number of halogens is 4. The molecule has 0 saturated heterocycles. The Bertz CT molecular complexity index is 550. The number of rotatable bonds is 7. The topological polar surface area (TPSA) is 47.6 Å². The number of methoxy groups -OCH3 is 2. The molecule has 0 aromatic heterocycles. The molecule has 0 spiro atoms. The van der Waals surface area contributed by atoms with E-state index in [1.165, 1.54) is 21.1 Å². The van der Waals surface area contributed by atoms with Crippen molar-refractivity contribution in [1.82, 2.24) is 5.32 Å². The summed E-state index contributed by atoms with van der Waals surface area (Å²) in [6, 6.07) is 2.82. The van der Waals surface area contributed by atoms with Gasteiger partial charge in [0.15, 0.2) is 0 Å². The van der Waals surface area contributed by atoms with E-state index in [2.05, 4.69) is 15.9 Å². The monoisotopic (exact) mass is 397 g/mol. The van der Waals surface area contributed by atoms with Crippen molar-refractivity contribution in [3.63, 3.8) is 0 Å². The molecular formula is C15H19BrF3NO3. The lowest BCUT2D eigenvalue weighted by molar-refractivity contribution is -0.174. The summed E-state index contributed by atoms with van der Waals surface area (Å²) in [6.45, 7) is 1.50. The van der Waals surface area contributed by atoms with Crippen LogP contribution >= 0.6 is 15.9 Å². The molecule has 0 heterocycles. The molecule has 4 nitrogen and oxygen atoms in total. The van der Waals surface area contributed by atoms with Gasteiger partial charge in [0.1, 0.15) is 11.5 Å². The molecular weight excluding hydrogens is 379 g/mol. The molecule has 0 aliphatic rings. The number of carbonyl (C=O) groups excluding carboxylic acids is 1. The van der Waals surface area contributed by atoms with Crippen molar-refractivity contribution in [3.05, 3.63) is 23.3 Å². The minimum absolute atomic E-state index is 0.190. The summed E-state index contributed by atoms with van der Waals surface area (Å²) in [5, 5.41) is 2.67. The lowest BCUT2D eigenvalue weighted by atomic mass is 10.0. The first-order valence-corrected chi connectivity index (χ1v) is 8.02. The van der Waals surface area contributed by atoms with E-state index in [4.69, 9.17) is 9.47 Å². The highest BCUT2D eigenvalue weighted by molar-refractivity contribution is 9.09. The van der Waals surface area contributed by atoms with Crippen molar-refractivity contribution in [2.45, 2.75) is 32.0 Å². The van der Waals surface area contributed by atoms with Gasteiger partial charge < -0.3 is 14.8 Å². The molecule has 1 atom stereocenters. The van der Waals surface area contributed by atoms with Gasteiger partial charge in [0.2, 0.25) is 0 Å². The third kappa shape index (κ3) is 5.60. The van der Waals surface area contributed by atoms with Crippen LogP contribution in [0.25, 0.3) is 0 Å². The second kappa shape index (κ2) is 8.42. The molecule has 8 heteroatoms. The lowest BCUT2D eigenvalue weighted by Gasteiger charge is -2.19. The van der Waals surface area contributed by atoms with Crippen LogP contribution in [0.1, 0.15) is 18.1 Å². The number of aryl methyl sites for hydroxylation is 1. The maximum absolute atomic E-state index is 12.3. The van der Waals surface area contributed by atoms with Crippen molar-refractivity contribution >= 4 is 21.8 Å². The van der Waals surface area contributed by atoms with E-state index in [-0.39, 0.29) is 6.42 Å². The van der Waals surface area contributed by atoms with E-state index in [1.807, 2.05) is 5.32 Å². The Balaban J connectivity index is 2.96. The van der Waals surface area contributed by atoms with E-state index in [0.29, 0.717) is 17.1 Å². The van der Waals surface area contributed by atoms with Gasteiger partial charge in [-0.25, -0.2) is 0 Å². The fourth-order valence-electron chi connectivity index (χ4n) is 2.17. The zero-order valence-electron chi connectivity index (χ0n) is 13.1. The second-order valence-corrected chi connectivity index (χ2v) is 5.78. The Morgan fingerprint density at radius 2 is 1.74 bits per heavy atom. The molecule has 0 bridgehead atoms. The fourth-order valence-corrected chi connectivity index (χ4v) is 2.59. The summed E-state index contributed by atoms with van der Waals surface area (Å²) in [6.07, 6.45) is -3.98. The van der Waals surface area contributed by atoms with Gasteiger partial charge in [0.25, 0.3) is 0 Å². The van der Waals surface area contributed by atoms with Gasteiger partial charge in [0, 0.05) is 11.4 Å². The van der Waals surface area contributed by atoms with Crippen molar-refractivity contribution in [2.75, 3.05) is 19.5 Å². The number of alkyl halides is 4. The Morgan fingerprint density at radius 1 is 1.22 bits per heavy atom. The van der Waals surface area contributed by atoms with Gasteiger partial charge in [0.05, 0.1) is 14.2 Å². The Morgan fingerprint density at radius 3 is 2.22 bits per heavy atom. The number of amides is 1. The highest BCUT2D eigenvalue weighted by Gasteiger charge is 2.39. The number of nitrogens with one attached hydrogen (secondary N) is 1. The summed E-state index contributed by atoms with van der Waals surface area (Å²) in [7, 11) is 3.01. The van der Waals surface area contributed by atoms with Crippen LogP contribution in [0.4, 0.5) is 13.2 Å². The zero-order valence-corrected chi connectivity index (χ0v) is 14.7. The highest BCUT2D eigenvalue weighted by atomic mass is 79.9. The molecule has 130 valence electrons. The van der Waals surface area contributed by atoms with Gasteiger partial charge in [-0.15, -0.1) is 0 Å². The number of ether oxygens (including phenoxy) is 2. The summed E-state index contributed by atoms with van der Waals surface area (Å²) in [4.78, 5) is 11.0. The van der Waals surface area contributed by atoms with Crippen molar-refractivity contribution < 1.29 is 27.4 Å². The number of hydrogen-bond donors (Lipinski definition) is 1. The SMILES string of the molecule is COc1cc(CC(C)NC(=O)C(F)(F)F)c(OC)cc1CCBr. The van der Waals surface area contributed by atoms with Crippen LogP contribution < -0.4 is 14.8 Å². The molecule has 1 aromatic rings. The average molecular weight is 398 g/mol. The third-order valence-corrected chi connectivity index (χ3v) is 3.60. The maximum atomic E-state index is 12.3. The van der Waals surface area contributed by atoms with Crippen molar-refractivity contribution in [1.29, 1.82) is 0 Å². The van der Waals surface area contributed by atoms with E-state index in [9.17, 15) is 18.0 Å². The van der Waals surface area contributed by atoms with E-state index in [0.717, 1.165) is 17.3 Å². The lowest BCUT2D eigenvalue weighted by Crippen LogP contribution is -2.42. The van der Waals surface area contributed by atoms with Crippen molar-refractivity contribution in [3.8, 4) is 11.5 Å². The van der Waals surface area contributed by atoms with Crippen LogP contribution in [-0.2, 0) is 17.6 Å². The highest BCUT2D eigenvalue weighted by Crippen LogP contribution is 2.30. The summed E-state index contributed by atoms with van der Waals surface area (Å²) in [5.41, 5.74) is 1.59. The molecule has 1 amide bonds. The predicted molar refractivity (Wildman–Crippen MR) is 84.4 cm³/mol. The summed E-state index contributed by atoms with van der Waals surface area (Å²) < 4.78 is 47.5. The van der Waals surface area contributed by atoms with Crippen LogP contribution in [-0.4, -0.2) is 37.7 Å². The number of benzene rings is 1. The molecule has 1 rings (SSSR count). The van der Waals surface area contributed by atoms with Gasteiger partial charge >= 0.3 is 12.1 Å². The van der Waals surface area contributed by atoms with Crippen LogP contribution in [0.3, 0.4) is 0 Å². The normalized spacial score (nSPS) is 12.7. The molecule has 0 aliphatic carbocycles. The predicted octanol–water partition coefficient (Wildman–Crippen LogP) is 3.25. The van der Waals surface area contributed by atoms with E-state index < -0.39 is 18.1 Å². The first-order chi connectivity index (χ1) is 10.7. The molecule has 0 radical (unpaired) electrons. The zero-order chi connectivity index (χ0) is 17.6. The van der Waals surface area contributed by atoms with Crippen LogP contribution in [0.15, 0.2) is 12.1 Å². The smallest absolute Gasteiger partial charge is 0.471 e. The van der Waals surface area contributed by atoms with Gasteiger partial charge in [-0.3, -0.25) is 4.79 Å². The molecule has 0 saturated carbocycles. The second-order valence-electron chi connectivity index (χ2n) is 4.99. The molecule has 1 aromatic carbocycles. The molecule has 0 aliphatic heterocycles. The van der Waals surface area contributed by atoms with Crippen molar-refractivity contribution in [2.24, 2.45) is 0 Å². The van der Waals surface area contributed by atoms with Crippen LogP contribution in [0, 0.1) is 0 Å². The summed E-state index contributed by atoms with van der Waals surface area (Å²) in [5.74, 6) is -0.767. The first-order valence-electron chi connectivity index (χ1n) is 6.90. The van der Waals surface area contributed by atoms with E-state index >= 15 is 0 Å². The summed E-state index contributed by atoms with van der Waals surface area (Å²) >= 11 is 3.35. The number of carbonyl (C=O) groups is 1. The van der Waals surface area contributed by atoms with Gasteiger partial charge in [-0.05, 0) is 43.0 Å². The van der Waals surface area contributed by atoms with Crippen LogP contribution in [0.5, 0.6) is 11.5 Å². The molecule has 23 heavy (non-hydrogen) atoms. The maximum Gasteiger partial charge on any atom is 0.471 e. The quantitative estimate of drug-likeness (QED) is 0.718. The molecule has 0 fully saturated rings. The molecule has 1 unspecified atom stereocenters. The number of hydrogen-bond acceptors (Lipinski definition) is 3. The Labute approximate surface area is 141 Å². The average Bonchev–Trinajstić information content (AvgIpc) is 2.47. The van der Waals surface area contributed by atoms with Gasteiger partial charge in [-0.2, -0.15) is 13.2 Å². The van der Waals surface area contributed by atoms with E-state index in [1.54, 1.807) is 12.1 Å². The Kier molecular flexibility index (Phi) is 7.18. The minimum Gasteiger partial charge on any atom is -0.496 e. The minimum atomic E-state index is -4.89. The first kappa shape index (κ1) is 19.6. The molecule has 1 N–H and O–H groups in total. The van der Waals surface area contributed by atoms with Gasteiger partial charge in [-0.1, -0.05) is 15.9 Å².